The quantitative estimate of drug-likeness (QED) is 0.728. The molecule has 2 aromatic rings. The molecule has 1 saturated heterocycles. The molecule has 5 rings (SSSR count). The molecule has 1 saturated carbocycles. The summed E-state index contributed by atoms with van der Waals surface area (Å²) in [6.45, 7) is 0.152. The van der Waals surface area contributed by atoms with Gasteiger partial charge in [0.1, 0.15) is 11.8 Å². The van der Waals surface area contributed by atoms with Gasteiger partial charge >= 0.3 is 0 Å². The first-order valence-corrected chi connectivity index (χ1v) is 11.9. The summed E-state index contributed by atoms with van der Waals surface area (Å²) in [6.07, 6.45) is 2.65. The van der Waals surface area contributed by atoms with Gasteiger partial charge in [-0.25, -0.2) is 0 Å². The Labute approximate surface area is 198 Å². The van der Waals surface area contributed by atoms with Gasteiger partial charge in [-0.3, -0.25) is 14.4 Å². The van der Waals surface area contributed by atoms with Gasteiger partial charge in [-0.1, -0.05) is 18.6 Å². The molecular formula is C26H31N3O5. The van der Waals surface area contributed by atoms with Gasteiger partial charge in [-0.15, -0.1) is 0 Å². The fourth-order valence-electron chi connectivity index (χ4n) is 5.85. The highest BCUT2D eigenvalue weighted by molar-refractivity contribution is 5.90. The number of likely N-dealkylation sites (tertiary alicyclic amines) is 1. The minimum Gasteiger partial charge on any atom is -0.497 e. The van der Waals surface area contributed by atoms with Crippen molar-refractivity contribution in [3.63, 3.8) is 0 Å². The largest absolute Gasteiger partial charge is 0.497 e. The van der Waals surface area contributed by atoms with Gasteiger partial charge in [0.2, 0.25) is 11.8 Å². The van der Waals surface area contributed by atoms with Gasteiger partial charge in [0.15, 0.2) is 0 Å². The number of nitrogens with zero attached hydrogens (tertiary/aromatic N) is 3. The van der Waals surface area contributed by atoms with Gasteiger partial charge in [0.05, 0.1) is 13.2 Å². The summed E-state index contributed by atoms with van der Waals surface area (Å²) in [5.41, 5.74) is 1.92. The first-order chi connectivity index (χ1) is 16.4. The summed E-state index contributed by atoms with van der Waals surface area (Å²) in [6, 6.07) is 9.96. The fraction of sp³-hybridized carbons (Fsp3) is 0.500. The van der Waals surface area contributed by atoms with Crippen molar-refractivity contribution in [1.82, 2.24) is 14.4 Å². The molecule has 0 unspecified atom stereocenters. The van der Waals surface area contributed by atoms with Crippen LogP contribution in [0.15, 0.2) is 41.2 Å². The Morgan fingerprint density at radius 3 is 2.56 bits per heavy atom. The maximum Gasteiger partial charge on any atom is 0.258 e. The molecule has 3 heterocycles. The lowest BCUT2D eigenvalue weighted by Gasteiger charge is -2.37. The van der Waals surface area contributed by atoms with Crippen LogP contribution in [0, 0.1) is 17.8 Å². The van der Waals surface area contributed by atoms with Crippen LogP contribution in [0.4, 0.5) is 0 Å². The predicted octanol–water partition coefficient (Wildman–Crippen LogP) is 1.90. The number of fused-ring (bicyclic) bond motifs is 3. The number of carbonyl (C=O) groups is 2. The molecule has 8 heteroatoms. The van der Waals surface area contributed by atoms with Crippen molar-refractivity contribution in [3.05, 3.63) is 52.4 Å². The Kier molecular flexibility index (Phi) is 5.72. The normalized spacial score (nSPS) is 25.5. The molecule has 0 spiro atoms. The first-order valence-electron chi connectivity index (χ1n) is 11.9. The number of amides is 2. The third-order valence-electron chi connectivity index (χ3n) is 7.86. The second kappa shape index (κ2) is 8.58. The van der Waals surface area contributed by atoms with Crippen LogP contribution in [0.1, 0.15) is 31.0 Å². The van der Waals surface area contributed by atoms with E-state index in [1.807, 2.05) is 30.3 Å². The van der Waals surface area contributed by atoms with Crippen molar-refractivity contribution in [3.8, 4) is 16.9 Å². The van der Waals surface area contributed by atoms with E-state index in [-0.39, 0.29) is 35.8 Å². The summed E-state index contributed by atoms with van der Waals surface area (Å²) in [5, 5.41) is 10.4. The number of aliphatic hydroxyl groups excluding tert-OH is 1. The van der Waals surface area contributed by atoms with Crippen LogP contribution in [-0.2, 0) is 16.1 Å². The van der Waals surface area contributed by atoms with E-state index < -0.39 is 18.0 Å². The molecule has 8 nitrogen and oxygen atoms in total. The highest BCUT2D eigenvalue weighted by Crippen LogP contribution is 2.51. The zero-order valence-electron chi connectivity index (χ0n) is 19.8. The number of hydrogen-bond donors (Lipinski definition) is 1. The predicted molar refractivity (Wildman–Crippen MR) is 126 cm³/mol. The minimum atomic E-state index is -0.718. The lowest BCUT2D eigenvalue weighted by atomic mass is 9.84. The topological polar surface area (TPSA) is 92.1 Å². The molecule has 4 atom stereocenters. The number of likely N-dealkylation sites (N-methyl/N-ethyl adjacent to an activating group) is 1. The Balaban J connectivity index is 1.60. The second-order valence-corrected chi connectivity index (χ2v) is 9.83. The number of rotatable bonds is 5. The van der Waals surface area contributed by atoms with Crippen LogP contribution in [-0.4, -0.2) is 65.1 Å². The molecule has 0 radical (unpaired) electrons. The second-order valence-electron chi connectivity index (χ2n) is 9.83. The van der Waals surface area contributed by atoms with Crippen LogP contribution in [0.2, 0.25) is 0 Å². The number of aliphatic hydroxyl groups is 1. The van der Waals surface area contributed by atoms with Crippen LogP contribution in [0.25, 0.3) is 11.1 Å². The first kappa shape index (κ1) is 22.7. The maximum absolute atomic E-state index is 13.6. The minimum absolute atomic E-state index is 0.0322. The van der Waals surface area contributed by atoms with Crippen molar-refractivity contribution < 1.29 is 19.4 Å². The number of carbonyl (C=O) groups excluding carboxylic acids is 2. The van der Waals surface area contributed by atoms with Crippen molar-refractivity contribution in [2.45, 2.75) is 37.9 Å². The van der Waals surface area contributed by atoms with E-state index in [9.17, 15) is 19.5 Å². The third kappa shape index (κ3) is 3.35. The van der Waals surface area contributed by atoms with Crippen LogP contribution in [0.5, 0.6) is 5.75 Å². The molecule has 1 aromatic carbocycles. The lowest BCUT2D eigenvalue weighted by molar-refractivity contribution is -0.150. The van der Waals surface area contributed by atoms with Crippen LogP contribution >= 0.6 is 0 Å². The molecule has 1 aliphatic carbocycles. The zero-order chi connectivity index (χ0) is 24.1. The van der Waals surface area contributed by atoms with E-state index in [1.54, 1.807) is 36.7 Å². The van der Waals surface area contributed by atoms with Crippen LogP contribution < -0.4 is 10.3 Å². The van der Waals surface area contributed by atoms with Crippen LogP contribution in [0.3, 0.4) is 0 Å². The Bertz CT molecular complexity index is 1190. The summed E-state index contributed by atoms with van der Waals surface area (Å²) in [7, 11) is 4.94. The van der Waals surface area contributed by atoms with Crippen molar-refractivity contribution in [1.29, 1.82) is 0 Å². The molecule has 180 valence electrons. The van der Waals surface area contributed by atoms with E-state index in [2.05, 4.69) is 0 Å². The molecule has 2 amide bonds. The number of hydrogen-bond acceptors (Lipinski definition) is 5. The number of benzene rings is 1. The number of pyridine rings is 1. The fourth-order valence-corrected chi connectivity index (χ4v) is 5.85. The number of ether oxygens (including phenoxy) is 1. The zero-order valence-corrected chi connectivity index (χ0v) is 19.8. The number of methoxy groups -OCH3 is 1. The standard InChI is InChI=1S/C26H31N3O5/c1-27(2)26(33)23-20(14-30)19-13-28-21(22(19)29(23)24(31)15-6-4-7-15)11-10-18(25(28)32)16-8-5-9-17(12-16)34-3/h5,8-12,15,19-20,22-23,30H,4,6-7,13-14H2,1-3H3/t19-,20-,22+,23-/m0/s1. The summed E-state index contributed by atoms with van der Waals surface area (Å²) >= 11 is 0. The maximum atomic E-state index is 13.6. The van der Waals surface area contributed by atoms with Gasteiger partial charge in [0, 0.05) is 56.3 Å². The molecular weight excluding hydrogens is 434 g/mol. The molecule has 2 aliphatic heterocycles. The van der Waals surface area contributed by atoms with Crippen molar-refractivity contribution in [2.75, 3.05) is 27.8 Å². The van der Waals surface area contributed by atoms with Gasteiger partial charge in [-0.2, -0.15) is 0 Å². The average Bonchev–Trinajstić information content (AvgIpc) is 3.32. The third-order valence-corrected chi connectivity index (χ3v) is 7.86. The smallest absolute Gasteiger partial charge is 0.258 e. The molecule has 1 N–H and O–H groups in total. The van der Waals surface area contributed by atoms with Gasteiger partial charge < -0.3 is 24.2 Å². The summed E-state index contributed by atoms with van der Waals surface area (Å²) < 4.78 is 7.04. The van der Waals surface area contributed by atoms with Crippen molar-refractivity contribution in [2.24, 2.45) is 17.8 Å². The van der Waals surface area contributed by atoms with Gasteiger partial charge in [0.25, 0.3) is 5.56 Å². The lowest BCUT2D eigenvalue weighted by Crippen LogP contribution is -2.52. The van der Waals surface area contributed by atoms with E-state index >= 15 is 0 Å². The van der Waals surface area contributed by atoms with E-state index in [4.69, 9.17) is 4.74 Å². The van der Waals surface area contributed by atoms with E-state index in [0.717, 1.165) is 30.5 Å². The molecule has 0 bridgehead atoms. The summed E-state index contributed by atoms with van der Waals surface area (Å²) in [5.74, 6) is -0.257. The van der Waals surface area contributed by atoms with E-state index in [1.165, 1.54) is 4.90 Å². The van der Waals surface area contributed by atoms with Crippen molar-refractivity contribution >= 4 is 11.8 Å². The molecule has 34 heavy (non-hydrogen) atoms. The monoisotopic (exact) mass is 465 g/mol. The number of aromatic nitrogens is 1. The molecule has 3 aliphatic rings. The molecule has 1 aromatic heterocycles. The van der Waals surface area contributed by atoms with E-state index in [0.29, 0.717) is 17.9 Å². The average molecular weight is 466 g/mol. The summed E-state index contributed by atoms with van der Waals surface area (Å²) in [4.78, 5) is 43.6. The Morgan fingerprint density at radius 2 is 1.94 bits per heavy atom. The Morgan fingerprint density at radius 1 is 1.18 bits per heavy atom. The molecule has 2 fully saturated rings. The Hall–Kier alpha value is -3.13. The SMILES string of the molecule is COc1cccc(-c2ccc3n(c2=O)C[C@H]2[C@H](CO)[C@@H](C(=O)N(C)C)N(C(=O)C4CCC4)[C@@H]32)c1. The highest BCUT2D eigenvalue weighted by atomic mass is 16.5. The highest BCUT2D eigenvalue weighted by Gasteiger charge is 2.58. The van der Waals surface area contributed by atoms with Gasteiger partial charge in [-0.05, 0) is 42.7 Å².